The third-order valence-electron chi connectivity index (χ3n) is 2.25. The summed E-state index contributed by atoms with van der Waals surface area (Å²) < 4.78 is 10.1. The number of ether oxygens (including phenoxy) is 2. The van der Waals surface area contributed by atoms with Gasteiger partial charge in [-0.2, -0.15) is 0 Å². The van der Waals surface area contributed by atoms with Crippen LogP contribution >= 0.6 is 0 Å². The van der Waals surface area contributed by atoms with Crippen molar-refractivity contribution in [2.24, 2.45) is 5.73 Å². The molecule has 0 saturated carbocycles. The summed E-state index contributed by atoms with van der Waals surface area (Å²) in [4.78, 5) is 0. The van der Waals surface area contributed by atoms with Crippen molar-refractivity contribution in [1.29, 1.82) is 0 Å². The first-order chi connectivity index (χ1) is 7.11. The summed E-state index contributed by atoms with van der Waals surface area (Å²) in [5, 5.41) is 37.1. The fourth-order valence-electron chi connectivity index (χ4n) is 1.39. The Bertz CT molecular complexity index is 190. The van der Waals surface area contributed by atoms with Crippen LogP contribution in [0.15, 0.2) is 0 Å². The number of hydrogen-bond acceptors (Lipinski definition) is 7. The Balaban J connectivity index is 2.57. The number of aliphatic hydroxyl groups excluding tert-OH is 4. The summed E-state index contributed by atoms with van der Waals surface area (Å²) >= 11 is 0. The van der Waals surface area contributed by atoms with Crippen LogP contribution in [0.5, 0.6) is 0 Å². The monoisotopic (exact) mass is 223 g/mol. The molecule has 0 bridgehead atoms. The predicted octanol–water partition coefficient (Wildman–Crippen LogP) is -3.24. The normalized spacial score (nSPS) is 41.8. The maximum Gasteiger partial charge on any atom is 0.186 e. The van der Waals surface area contributed by atoms with Crippen molar-refractivity contribution in [2.75, 3.05) is 19.8 Å². The lowest BCUT2D eigenvalue weighted by molar-refractivity contribution is -0.300. The first-order valence-electron chi connectivity index (χ1n) is 4.74. The molecule has 90 valence electrons. The summed E-state index contributed by atoms with van der Waals surface area (Å²) in [5.41, 5.74) is 5.20. The SMILES string of the molecule is NCCO[C@H]1OC(CO)[C@@H](O)C(O)[C@H]1O. The highest BCUT2D eigenvalue weighted by atomic mass is 16.7. The molecule has 0 aromatic carbocycles. The van der Waals surface area contributed by atoms with Gasteiger partial charge in [0.1, 0.15) is 24.4 Å². The Hall–Kier alpha value is -0.280. The minimum Gasteiger partial charge on any atom is -0.394 e. The van der Waals surface area contributed by atoms with Crippen LogP contribution in [0.4, 0.5) is 0 Å². The van der Waals surface area contributed by atoms with Gasteiger partial charge in [0.25, 0.3) is 0 Å². The zero-order valence-electron chi connectivity index (χ0n) is 8.19. The molecule has 1 aliphatic rings. The summed E-state index contributed by atoms with van der Waals surface area (Å²) in [5.74, 6) is 0. The lowest BCUT2D eigenvalue weighted by Gasteiger charge is -2.39. The molecule has 0 aromatic heterocycles. The molecule has 1 heterocycles. The summed E-state index contributed by atoms with van der Waals surface area (Å²) in [6.07, 6.45) is -6.13. The maximum absolute atomic E-state index is 9.47. The summed E-state index contributed by atoms with van der Waals surface area (Å²) in [6, 6.07) is 0. The average molecular weight is 223 g/mol. The van der Waals surface area contributed by atoms with Crippen LogP contribution in [0.25, 0.3) is 0 Å². The van der Waals surface area contributed by atoms with E-state index in [1.165, 1.54) is 0 Å². The smallest absolute Gasteiger partial charge is 0.186 e. The fraction of sp³-hybridized carbons (Fsp3) is 1.00. The molecule has 0 aromatic rings. The molecule has 0 spiro atoms. The molecule has 6 N–H and O–H groups in total. The molecule has 0 amide bonds. The van der Waals surface area contributed by atoms with Gasteiger partial charge in [0.05, 0.1) is 13.2 Å². The summed E-state index contributed by atoms with van der Waals surface area (Å²) in [7, 11) is 0. The maximum atomic E-state index is 9.47. The first-order valence-corrected chi connectivity index (χ1v) is 4.74. The van der Waals surface area contributed by atoms with E-state index in [4.69, 9.17) is 20.3 Å². The van der Waals surface area contributed by atoms with Crippen LogP contribution < -0.4 is 5.73 Å². The molecule has 0 radical (unpaired) electrons. The van der Waals surface area contributed by atoms with Crippen LogP contribution in [0.3, 0.4) is 0 Å². The van der Waals surface area contributed by atoms with E-state index in [1.807, 2.05) is 0 Å². The van der Waals surface area contributed by atoms with Gasteiger partial charge in [-0.25, -0.2) is 0 Å². The largest absolute Gasteiger partial charge is 0.394 e. The topological polar surface area (TPSA) is 125 Å². The first kappa shape index (κ1) is 12.8. The van der Waals surface area contributed by atoms with E-state index in [9.17, 15) is 15.3 Å². The number of rotatable bonds is 4. The molecule has 1 fully saturated rings. The van der Waals surface area contributed by atoms with E-state index in [0.717, 1.165) is 0 Å². The molecule has 1 rings (SSSR count). The van der Waals surface area contributed by atoms with Gasteiger partial charge >= 0.3 is 0 Å². The van der Waals surface area contributed by atoms with Crippen LogP contribution in [0.1, 0.15) is 0 Å². The Morgan fingerprint density at radius 3 is 2.33 bits per heavy atom. The Labute approximate surface area is 87.0 Å². The minimum atomic E-state index is -1.40. The molecule has 5 atom stereocenters. The minimum absolute atomic E-state index is 0.155. The highest BCUT2D eigenvalue weighted by Crippen LogP contribution is 2.21. The standard InChI is InChI=1S/C8H17NO6/c9-1-2-14-8-7(13)6(12)5(11)4(3-10)15-8/h4-8,10-13H,1-3,9H2/t4?,5-,6?,7-,8+/m1/s1. The van der Waals surface area contributed by atoms with Crippen molar-refractivity contribution in [2.45, 2.75) is 30.7 Å². The third kappa shape index (κ3) is 2.85. The lowest BCUT2D eigenvalue weighted by atomic mass is 9.99. The van der Waals surface area contributed by atoms with Crippen LogP contribution in [-0.2, 0) is 9.47 Å². The van der Waals surface area contributed by atoms with Crippen molar-refractivity contribution in [3.05, 3.63) is 0 Å². The van der Waals surface area contributed by atoms with Gasteiger partial charge in [0.15, 0.2) is 6.29 Å². The predicted molar refractivity (Wildman–Crippen MR) is 48.8 cm³/mol. The van der Waals surface area contributed by atoms with Crippen molar-refractivity contribution in [1.82, 2.24) is 0 Å². The molecular formula is C8H17NO6. The van der Waals surface area contributed by atoms with Gasteiger partial charge in [-0.15, -0.1) is 0 Å². The molecule has 7 heteroatoms. The fourth-order valence-corrected chi connectivity index (χ4v) is 1.39. The van der Waals surface area contributed by atoms with Crippen LogP contribution in [-0.4, -0.2) is 70.9 Å². The highest BCUT2D eigenvalue weighted by Gasteiger charge is 2.43. The number of nitrogens with two attached hydrogens (primary N) is 1. The molecule has 15 heavy (non-hydrogen) atoms. The number of aliphatic hydroxyl groups is 4. The Morgan fingerprint density at radius 2 is 1.80 bits per heavy atom. The second kappa shape index (κ2) is 5.71. The highest BCUT2D eigenvalue weighted by molar-refractivity contribution is 4.88. The van der Waals surface area contributed by atoms with Gasteiger partial charge in [-0.05, 0) is 0 Å². The zero-order chi connectivity index (χ0) is 11.4. The molecule has 0 aliphatic carbocycles. The third-order valence-corrected chi connectivity index (χ3v) is 2.25. The summed E-state index contributed by atoms with van der Waals surface area (Å²) in [6.45, 7) is -0.0643. The van der Waals surface area contributed by atoms with Crippen molar-refractivity contribution < 1.29 is 29.9 Å². The second-order valence-corrected chi connectivity index (χ2v) is 3.36. The van der Waals surface area contributed by atoms with Gasteiger partial charge < -0.3 is 35.6 Å². The van der Waals surface area contributed by atoms with E-state index in [-0.39, 0.29) is 13.2 Å². The second-order valence-electron chi connectivity index (χ2n) is 3.36. The molecular weight excluding hydrogens is 206 g/mol. The van der Waals surface area contributed by atoms with Gasteiger partial charge in [0.2, 0.25) is 0 Å². The molecule has 7 nitrogen and oxygen atoms in total. The number of hydrogen-bond donors (Lipinski definition) is 5. The lowest BCUT2D eigenvalue weighted by Crippen LogP contribution is -2.59. The van der Waals surface area contributed by atoms with E-state index < -0.39 is 37.3 Å². The molecule has 1 aliphatic heterocycles. The van der Waals surface area contributed by atoms with Crippen molar-refractivity contribution in [3.63, 3.8) is 0 Å². The Morgan fingerprint density at radius 1 is 1.13 bits per heavy atom. The van der Waals surface area contributed by atoms with Crippen LogP contribution in [0, 0.1) is 0 Å². The molecule has 2 unspecified atom stereocenters. The van der Waals surface area contributed by atoms with Crippen LogP contribution in [0.2, 0.25) is 0 Å². The Kier molecular flexibility index (Phi) is 4.87. The van der Waals surface area contributed by atoms with E-state index >= 15 is 0 Å². The average Bonchev–Trinajstić information content (AvgIpc) is 2.25. The molecule has 1 saturated heterocycles. The van der Waals surface area contributed by atoms with Crippen molar-refractivity contribution in [3.8, 4) is 0 Å². The van der Waals surface area contributed by atoms with E-state index in [2.05, 4.69) is 0 Å². The van der Waals surface area contributed by atoms with E-state index in [0.29, 0.717) is 0 Å². The van der Waals surface area contributed by atoms with Gasteiger partial charge in [-0.3, -0.25) is 0 Å². The van der Waals surface area contributed by atoms with Crippen molar-refractivity contribution >= 4 is 0 Å². The van der Waals surface area contributed by atoms with Gasteiger partial charge in [0, 0.05) is 6.54 Å². The van der Waals surface area contributed by atoms with E-state index in [1.54, 1.807) is 0 Å². The van der Waals surface area contributed by atoms with Gasteiger partial charge in [-0.1, -0.05) is 0 Å². The quantitative estimate of drug-likeness (QED) is 0.339. The zero-order valence-corrected chi connectivity index (χ0v) is 8.19.